The van der Waals surface area contributed by atoms with E-state index in [1.165, 1.54) is 0 Å². The second-order valence-corrected chi connectivity index (χ2v) is 6.95. The van der Waals surface area contributed by atoms with Gasteiger partial charge in [-0.15, -0.1) is 15.3 Å². The van der Waals surface area contributed by atoms with Crippen molar-refractivity contribution in [3.8, 4) is 0 Å². The van der Waals surface area contributed by atoms with Crippen molar-refractivity contribution in [2.45, 2.75) is 25.8 Å². The summed E-state index contributed by atoms with van der Waals surface area (Å²) in [7, 11) is 0. The van der Waals surface area contributed by atoms with Crippen LogP contribution in [0.2, 0.25) is 5.02 Å². The van der Waals surface area contributed by atoms with Crippen LogP contribution in [0.5, 0.6) is 0 Å². The van der Waals surface area contributed by atoms with Gasteiger partial charge < -0.3 is 10.2 Å². The molecule has 1 saturated heterocycles. The van der Waals surface area contributed by atoms with E-state index in [0.29, 0.717) is 11.4 Å². The van der Waals surface area contributed by atoms with E-state index in [-0.39, 0.29) is 11.9 Å². The summed E-state index contributed by atoms with van der Waals surface area (Å²) in [4.78, 5) is 14.5. The van der Waals surface area contributed by atoms with Gasteiger partial charge in [-0.2, -0.15) is 4.52 Å². The molecule has 134 valence electrons. The maximum absolute atomic E-state index is 12.3. The largest absolute Gasteiger partial charge is 0.353 e. The normalized spacial score (nSPS) is 17.0. The number of nitrogens with zero attached hydrogens (tertiary/aromatic N) is 5. The smallest absolute Gasteiger partial charge is 0.224 e. The van der Waals surface area contributed by atoms with Crippen molar-refractivity contribution in [2.75, 3.05) is 18.0 Å². The van der Waals surface area contributed by atoms with Crippen LogP contribution in [0.1, 0.15) is 17.8 Å². The average Bonchev–Trinajstić information content (AvgIpc) is 3.22. The Labute approximate surface area is 156 Å². The lowest BCUT2D eigenvalue weighted by Gasteiger charge is -2.18. The van der Waals surface area contributed by atoms with Gasteiger partial charge in [-0.25, -0.2) is 0 Å². The van der Waals surface area contributed by atoms with Crippen molar-refractivity contribution in [3.63, 3.8) is 0 Å². The molecular formula is C18H19ClN6O. The summed E-state index contributed by atoms with van der Waals surface area (Å²) in [5, 5.41) is 16.4. The number of nitrogens with one attached hydrogen (secondary N) is 1. The maximum atomic E-state index is 12.3. The minimum Gasteiger partial charge on any atom is -0.353 e. The summed E-state index contributed by atoms with van der Waals surface area (Å²) < 4.78 is 1.74. The number of aryl methyl sites for hydroxylation is 1. The molecule has 1 atom stereocenters. The van der Waals surface area contributed by atoms with Crippen molar-refractivity contribution in [3.05, 3.63) is 52.8 Å². The molecule has 7 nitrogen and oxygen atoms in total. The summed E-state index contributed by atoms with van der Waals surface area (Å²) in [6.07, 6.45) is 1.23. The average molecular weight is 371 g/mol. The molecule has 4 rings (SSSR count). The first kappa shape index (κ1) is 16.8. The van der Waals surface area contributed by atoms with E-state index in [1.807, 2.05) is 37.3 Å². The number of rotatable bonds is 4. The van der Waals surface area contributed by atoms with E-state index in [0.717, 1.165) is 42.4 Å². The van der Waals surface area contributed by atoms with Crippen molar-refractivity contribution in [1.82, 2.24) is 25.1 Å². The lowest BCUT2D eigenvalue weighted by atomic mass is 10.1. The molecule has 3 aromatic rings. The minimum absolute atomic E-state index is 0.0113. The van der Waals surface area contributed by atoms with Crippen LogP contribution in [0.3, 0.4) is 0 Å². The molecule has 26 heavy (non-hydrogen) atoms. The number of carbonyl (C=O) groups is 1. The first-order valence-electron chi connectivity index (χ1n) is 8.56. The summed E-state index contributed by atoms with van der Waals surface area (Å²) >= 11 is 5.97. The number of aromatic nitrogens is 4. The number of amides is 1. The molecule has 1 unspecified atom stereocenters. The molecule has 0 radical (unpaired) electrons. The highest BCUT2D eigenvalue weighted by molar-refractivity contribution is 6.30. The van der Waals surface area contributed by atoms with Crippen molar-refractivity contribution >= 4 is 29.0 Å². The second-order valence-electron chi connectivity index (χ2n) is 6.51. The van der Waals surface area contributed by atoms with Gasteiger partial charge in [0.05, 0.1) is 6.42 Å². The van der Waals surface area contributed by atoms with Crippen LogP contribution >= 0.6 is 11.6 Å². The molecule has 0 bridgehead atoms. The molecule has 2 aromatic heterocycles. The fraction of sp³-hybridized carbons (Fsp3) is 0.333. The zero-order chi connectivity index (χ0) is 18.1. The lowest BCUT2D eigenvalue weighted by Crippen LogP contribution is -2.38. The van der Waals surface area contributed by atoms with Gasteiger partial charge >= 0.3 is 0 Å². The van der Waals surface area contributed by atoms with Crippen LogP contribution in [0.25, 0.3) is 5.65 Å². The monoisotopic (exact) mass is 370 g/mol. The van der Waals surface area contributed by atoms with Crippen LogP contribution in [0.15, 0.2) is 36.4 Å². The predicted molar refractivity (Wildman–Crippen MR) is 99.4 cm³/mol. The number of carbonyl (C=O) groups excluding carboxylic acids is 1. The molecular weight excluding hydrogens is 352 g/mol. The molecule has 0 aliphatic carbocycles. The highest BCUT2D eigenvalue weighted by Crippen LogP contribution is 2.19. The highest BCUT2D eigenvalue weighted by atomic mass is 35.5. The number of hydrogen-bond donors (Lipinski definition) is 1. The van der Waals surface area contributed by atoms with E-state index in [4.69, 9.17) is 11.6 Å². The van der Waals surface area contributed by atoms with Gasteiger partial charge in [0, 0.05) is 24.2 Å². The van der Waals surface area contributed by atoms with Crippen LogP contribution in [0.4, 0.5) is 5.82 Å². The fourth-order valence-electron chi connectivity index (χ4n) is 3.25. The molecule has 1 aliphatic heterocycles. The fourth-order valence-corrected chi connectivity index (χ4v) is 3.47. The zero-order valence-electron chi connectivity index (χ0n) is 14.4. The number of fused-ring (bicyclic) bond motifs is 1. The predicted octanol–water partition coefficient (Wildman–Crippen LogP) is 2.02. The Morgan fingerprint density at radius 3 is 3.04 bits per heavy atom. The molecule has 1 aromatic carbocycles. The van der Waals surface area contributed by atoms with Crippen LogP contribution in [-0.4, -0.2) is 44.8 Å². The summed E-state index contributed by atoms with van der Waals surface area (Å²) in [5.74, 6) is 1.64. The molecule has 8 heteroatoms. The van der Waals surface area contributed by atoms with Crippen molar-refractivity contribution < 1.29 is 4.79 Å². The third-order valence-electron chi connectivity index (χ3n) is 4.54. The molecule has 1 amide bonds. The quantitative estimate of drug-likeness (QED) is 0.760. The van der Waals surface area contributed by atoms with Gasteiger partial charge in [0.1, 0.15) is 5.82 Å². The Morgan fingerprint density at radius 2 is 2.19 bits per heavy atom. The topological polar surface area (TPSA) is 75.4 Å². The first-order valence-corrected chi connectivity index (χ1v) is 8.94. The van der Waals surface area contributed by atoms with E-state index in [2.05, 4.69) is 25.5 Å². The Balaban J connectivity index is 1.38. The van der Waals surface area contributed by atoms with Gasteiger partial charge in [0.2, 0.25) is 5.91 Å². The third-order valence-corrected chi connectivity index (χ3v) is 4.77. The van der Waals surface area contributed by atoms with Crippen LogP contribution < -0.4 is 10.2 Å². The number of anilines is 1. The second kappa shape index (κ2) is 6.92. The highest BCUT2D eigenvalue weighted by Gasteiger charge is 2.25. The molecule has 0 saturated carbocycles. The number of benzene rings is 1. The van der Waals surface area contributed by atoms with Gasteiger partial charge in [-0.05, 0) is 43.2 Å². The molecule has 1 fully saturated rings. The van der Waals surface area contributed by atoms with E-state index < -0.39 is 0 Å². The SMILES string of the molecule is Cc1nnc2ccc(N3CCC(NC(=O)Cc4cccc(Cl)c4)C3)nn12. The first-order chi connectivity index (χ1) is 12.6. The van der Waals surface area contributed by atoms with Crippen molar-refractivity contribution in [2.24, 2.45) is 0 Å². The van der Waals surface area contributed by atoms with Gasteiger partial charge in [0.25, 0.3) is 0 Å². The zero-order valence-corrected chi connectivity index (χ0v) is 15.1. The number of hydrogen-bond acceptors (Lipinski definition) is 5. The minimum atomic E-state index is 0.0113. The Morgan fingerprint density at radius 1 is 1.31 bits per heavy atom. The summed E-state index contributed by atoms with van der Waals surface area (Å²) in [6, 6.07) is 11.4. The standard InChI is InChI=1S/C18H19ClN6O/c1-12-21-22-16-5-6-17(23-25(12)16)24-8-7-15(11-24)20-18(26)10-13-3-2-4-14(19)9-13/h2-6,9,15H,7-8,10-11H2,1H3,(H,20,26). The van der Waals surface area contributed by atoms with Gasteiger partial charge in [-0.3, -0.25) is 4.79 Å². The molecule has 3 heterocycles. The lowest BCUT2D eigenvalue weighted by molar-refractivity contribution is -0.121. The van der Waals surface area contributed by atoms with E-state index in [9.17, 15) is 4.79 Å². The van der Waals surface area contributed by atoms with E-state index in [1.54, 1.807) is 10.6 Å². The van der Waals surface area contributed by atoms with Crippen molar-refractivity contribution in [1.29, 1.82) is 0 Å². The molecule has 0 spiro atoms. The third kappa shape index (κ3) is 3.48. The van der Waals surface area contributed by atoms with Crippen LogP contribution in [0, 0.1) is 6.92 Å². The number of halogens is 1. The summed E-state index contributed by atoms with van der Waals surface area (Å²) in [6.45, 7) is 3.46. The van der Waals surface area contributed by atoms with Crippen LogP contribution in [-0.2, 0) is 11.2 Å². The molecule has 1 N–H and O–H groups in total. The van der Waals surface area contributed by atoms with Gasteiger partial charge in [-0.1, -0.05) is 23.7 Å². The van der Waals surface area contributed by atoms with E-state index >= 15 is 0 Å². The Kier molecular flexibility index (Phi) is 4.46. The Hall–Kier alpha value is -2.67. The van der Waals surface area contributed by atoms with Gasteiger partial charge in [0.15, 0.2) is 11.5 Å². The maximum Gasteiger partial charge on any atom is 0.224 e. The Bertz CT molecular complexity index is 956. The molecule has 1 aliphatic rings. The summed E-state index contributed by atoms with van der Waals surface area (Å²) in [5.41, 5.74) is 1.65.